The molecule has 0 aliphatic carbocycles. The highest BCUT2D eigenvalue weighted by Gasteiger charge is 2.25. The van der Waals surface area contributed by atoms with Gasteiger partial charge in [-0.1, -0.05) is 70.3 Å². The molecule has 0 bridgehead atoms. The van der Waals surface area contributed by atoms with E-state index >= 15 is 0 Å². The molecule has 0 fully saturated rings. The van der Waals surface area contributed by atoms with E-state index in [9.17, 15) is 0 Å². The predicted octanol–water partition coefficient (Wildman–Crippen LogP) is 7.23. The van der Waals surface area contributed by atoms with Gasteiger partial charge in [-0.3, -0.25) is 0 Å². The predicted molar refractivity (Wildman–Crippen MR) is 86.5 cm³/mol. The first-order chi connectivity index (χ1) is 7.66. The van der Waals surface area contributed by atoms with Crippen LogP contribution in [0.3, 0.4) is 0 Å². The SMILES string of the molecule is CCCCp1pc(C(C)(C)C)pc1C(C)(C)C. The monoisotopic (exact) mass is 288 g/mol. The van der Waals surface area contributed by atoms with Crippen molar-refractivity contribution in [2.24, 2.45) is 0 Å². The molecule has 0 saturated carbocycles. The van der Waals surface area contributed by atoms with Crippen LogP contribution in [-0.2, 0) is 17.0 Å². The van der Waals surface area contributed by atoms with Crippen LogP contribution in [0.2, 0.25) is 0 Å². The third-order valence-electron chi connectivity index (χ3n) is 2.74. The molecule has 0 aliphatic heterocycles. The Morgan fingerprint density at radius 2 is 1.59 bits per heavy atom. The van der Waals surface area contributed by atoms with Crippen LogP contribution in [-0.4, -0.2) is 0 Å². The van der Waals surface area contributed by atoms with Crippen molar-refractivity contribution in [2.45, 2.75) is 78.3 Å². The van der Waals surface area contributed by atoms with E-state index in [-0.39, 0.29) is 7.21 Å². The minimum absolute atomic E-state index is 0.133. The molecule has 1 unspecified atom stereocenters. The average Bonchev–Trinajstić information content (AvgIpc) is 2.56. The fourth-order valence-corrected chi connectivity index (χ4v) is 12.3. The maximum absolute atomic E-state index is 2.40. The third kappa shape index (κ3) is 4.35. The molecule has 1 aromatic rings. The van der Waals surface area contributed by atoms with Gasteiger partial charge in [-0.05, 0) is 31.3 Å². The Morgan fingerprint density at radius 1 is 1.00 bits per heavy atom. The molecule has 0 saturated heterocycles. The summed E-state index contributed by atoms with van der Waals surface area (Å²) in [5.41, 5.74) is 0.796. The van der Waals surface area contributed by atoms with Gasteiger partial charge >= 0.3 is 0 Å². The van der Waals surface area contributed by atoms with Crippen molar-refractivity contribution >= 4 is 23.3 Å². The van der Waals surface area contributed by atoms with Crippen molar-refractivity contribution in [2.75, 3.05) is 0 Å². The van der Waals surface area contributed by atoms with Gasteiger partial charge in [0.05, 0.1) is 0 Å². The molecule has 98 valence electrons. The van der Waals surface area contributed by atoms with Crippen LogP contribution in [0.15, 0.2) is 0 Å². The fourth-order valence-electron chi connectivity index (χ4n) is 1.68. The van der Waals surface area contributed by atoms with E-state index in [0.717, 1.165) is 0 Å². The molecule has 0 aliphatic rings. The van der Waals surface area contributed by atoms with Crippen molar-refractivity contribution in [3.8, 4) is 0 Å². The number of rotatable bonds is 3. The Hall–Kier alpha value is 0.640. The highest BCUT2D eigenvalue weighted by Crippen LogP contribution is 2.61. The lowest BCUT2D eigenvalue weighted by molar-refractivity contribution is 0.609. The summed E-state index contributed by atoms with van der Waals surface area (Å²) in [4.78, 5) is 0. The first-order valence-corrected chi connectivity index (χ1v) is 10.6. The summed E-state index contributed by atoms with van der Waals surface area (Å²) in [6, 6.07) is 0. The molecule has 0 N–H and O–H groups in total. The Labute approximate surface area is 112 Å². The van der Waals surface area contributed by atoms with E-state index in [1.807, 2.05) is 5.03 Å². The van der Waals surface area contributed by atoms with Crippen LogP contribution < -0.4 is 0 Å². The second kappa shape index (κ2) is 5.74. The van der Waals surface area contributed by atoms with Gasteiger partial charge in [-0.25, -0.2) is 0 Å². The summed E-state index contributed by atoms with van der Waals surface area (Å²) < 4.78 is 0. The zero-order chi connectivity index (χ0) is 13.3. The van der Waals surface area contributed by atoms with Crippen molar-refractivity contribution in [3.63, 3.8) is 0 Å². The molecular weight excluding hydrogens is 261 g/mol. The van der Waals surface area contributed by atoms with Gasteiger partial charge in [0, 0.05) is 10.1 Å². The Kier molecular flexibility index (Phi) is 5.30. The van der Waals surface area contributed by atoms with Crippen LogP contribution in [0.4, 0.5) is 0 Å². The largest absolute Gasteiger partial charge is 0.0869 e. The maximum Gasteiger partial charge on any atom is 0.0165 e. The second-order valence-corrected chi connectivity index (χ2v) is 13.0. The molecule has 0 spiro atoms. The lowest BCUT2D eigenvalue weighted by Crippen LogP contribution is -2.08. The lowest BCUT2D eigenvalue weighted by atomic mass is 10.0. The first-order valence-electron chi connectivity index (χ1n) is 6.62. The van der Waals surface area contributed by atoms with Crippen LogP contribution in [0.1, 0.15) is 71.4 Å². The Morgan fingerprint density at radius 3 is 2.00 bits per heavy atom. The summed E-state index contributed by atoms with van der Waals surface area (Å²) in [6.07, 6.45) is 4.20. The van der Waals surface area contributed by atoms with Crippen LogP contribution in [0, 0.1) is 0 Å². The molecule has 1 atom stereocenters. The molecule has 0 radical (unpaired) electrons. The molecular formula is C14H27P3. The van der Waals surface area contributed by atoms with E-state index in [2.05, 4.69) is 48.5 Å². The summed E-state index contributed by atoms with van der Waals surface area (Å²) in [5.74, 6) is 0. The van der Waals surface area contributed by atoms with Gasteiger partial charge in [0.2, 0.25) is 0 Å². The van der Waals surface area contributed by atoms with Gasteiger partial charge < -0.3 is 0 Å². The number of hydrogen-bond acceptors (Lipinski definition) is 0. The minimum atomic E-state index is 0.133. The zero-order valence-electron chi connectivity index (χ0n) is 12.5. The minimum Gasteiger partial charge on any atom is -0.0869 e. The molecule has 0 nitrogen and oxygen atoms in total. The van der Waals surface area contributed by atoms with Crippen LogP contribution in [0.5, 0.6) is 0 Å². The summed E-state index contributed by atoms with van der Waals surface area (Å²) >= 11 is 0. The number of aryl methyl sites for hydroxylation is 1. The molecule has 17 heavy (non-hydrogen) atoms. The second-order valence-electron chi connectivity index (χ2n) is 6.84. The summed E-state index contributed by atoms with van der Waals surface area (Å²) in [7, 11) is 3.40. The van der Waals surface area contributed by atoms with Crippen LogP contribution in [0.25, 0.3) is 0 Å². The lowest BCUT2D eigenvalue weighted by Gasteiger charge is -2.19. The molecule has 0 amide bonds. The molecule has 1 rings (SSSR count). The smallest absolute Gasteiger partial charge is 0.0165 e. The van der Waals surface area contributed by atoms with Gasteiger partial charge in [0.15, 0.2) is 0 Å². The van der Waals surface area contributed by atoms with Crippen molar-refractivity contribution in [3.05, 3.63) is 10.1 Å². The van der Waals surface area contributed by atoms with E-state index in [1.54, 1.807) is 21.1 Å². The van der Waals surface area contributed by atoms with E-state index in [1.165, 1.54) is 19.0 Å². The van der Waals surface area contributed by atoms with Gasteiger partial charge in [-0.2, -0.15) is 0 Å². The van der Waals surface area contributed by atoms with Crippen molar-refractivity contribution in [1.82, 2.24) is 0 Å². The number of unbranched alkanes of at least 4 members (excludes halogenated alkanes) is 1. The average molecular weight is 288 g/mol. The maximum atomic E-state index is 2.40. The molecule has 3 heteroatoms. The van der Waals surface area contributed by atoms with Crippen molar-refractivity contribution in [1.29, 1.82) is 0 Å². The van der Waals surface area contributed by atoms with Gasteiger partial charge in [0.1, 0.15) is 0 Å². The quantitative estimate of drug-likeness (QED) is 0.550. The summed E-state index contributed by atoms with van der Waals surface area (Å²) in [5, 5.41) is 3.59. The van der Waals surface area contributed by atoms with Gasteiger partial charge in [-0.15, -0.1) is 0 Å². The Balaban J connectivity index is 3.13. The molecule has 0 aromatic carbocycles. The van der Waals surface area contributed by atoms with E-state index in [0.29, 0.717) is 10.8 Å². The van der Waals surface area contributed by atoms with Gasteiger partial charge in [0.25, 0.3) is 0 Å². The standard InChI is InChI=1S/C14H27P3/c1-8-9-10-17-12(14(5,6)7)15-11(16-17)13(2,3)4/h8-10H2,1-7H3. The van der Waals surface area contributed by atoms with Crippen LogP contribution >= 0.6 is 23.3 Å². The Bertz CT molecular complexity index is 364. The normalized spacial score (nSPS) is 15.1. The summed E-state index contributed by atoms with van der Waals surface area (Å²) in [6.45, 7) is 16.6. The highest BCUT2D eigenvalue weighted by molar-refractivity contribution is 8.05. The van der Waals surface area contributed by atoms with E-state index < -0.39 is 0 Å². The topological polar surface area (TPSA) is 0 Å². The van der Waals surface area contributed by atoms with E-state index in [4.69, 9.17) is 0 Å². The third-order valence-corrected chi connectivity index (χ3v) is 12.6. The zero-order valence-corrected chi connectivity index (χ0v) is 15.1. The molecule has 1 aromatic heterocycles. The molecule has 1 heterocycles. The fraction of sp³-hybridized carbons (Fsp3) is 0.857. The number of hydrogen-bond donors (Lipinski definition) is 0. The first kappa shape index (κ1) is 15.7. The van der Waals surface area contributed by atoms with Crippen molar-refractivity contribution < 1.29 is 0 Å². The highest BCUT2D eigenvalue weighted by atomic mass is 31.9.